The first kappa shape index (κ1) is 17.1. The summed E-state index contributed by atoms with van der Waals surface area (Å²) in [6, 6.07) is 5.25. The van der Waals surface area contributed by atoms with Crippen molar-refractivity contribution in [2.75, 3.05) is 18.4 Å². The molecule has 2 heterocycles. The lowest BCUT2D eigenvalue weighted by Crippen LogP contribution is -2.47. The Morgan fingerprint density at radius 1 is 1.42 bits per heavy atom. The molecule has 26 heavy (non-hydrogen) atoms. The topological polar surface area (TPSA) is 75.2 Å². The minimum absolute atomic E-state index is 0.167. The molecule has 2 aromatic rings. The van der Waals surface area contributed by atoms with Gasteiger partial charge in [-0.1, -0.05) is 15.9 Å². The Bertz CT molecular complexity index is 905. The van der Waals surface area contributed by atoms with E-state index in [9.17, 15) is 14.0 Å². The smallest absolute Gasteiger partial charge is 0.254 e. The van der Waals surface area contributed by atoms with E-state index in [-0.39, 0.29) is 24.9 Å². The zero-order chi connectivity index (χ0) is 18.5. The number of aromatic nitrogens is 2. The summed E-state index contributed by atoms with van der Waals surface area (Å²) < 4.78 is 15.0. The van der Waals surface area contributed by atoms with Gasteiger partial charge in [-0.2, -0.15) is 0 Å². The van der Waals surface area contributed by atoms with Crippen molar-refractivity contribution in [3.63, 3.8) is 0 Å². The highest BCUT2D eigenvalue weighted by Gasteiger charge is 2.61. The summed E-state index contributed by atoms with van der Waals surface area (Å²) in [7, 11) is 0. The summed E-state index contributed by atoms with van der Waals surface area (Å²) in [4.78, 5) is 34.5. The van der Waals surface area contributed by atoms with E-state index in [0.29, 0.717) is 12.0 Å². The first-order valence-electron chi connectivity index (χ1n) is 8.21. The van der Waals surface area contributed by atoms with Gasteiger partial charge >= 0.3 is 0 Å². The van der Waals surface area contributed by atoms with Crippen LogP contribution in [0.2, 0.25) is 0 Å². The fraction of sp³-hybridized carbons (Fsp3) is 0.333. The van der Waals surface area contributed by atoms with Crippen LogP contribution >= 0.6 is 15.9 Å². The van der Waals surface area contributed by atoms with Gasteiger partial charge in [0, 0.05) is 34.4 Å². The van der Waals surface area contributed by atoms with Gasteiger partial charge in [0.15, 0.2) is 0 Å². The van der Waals surface area contributed by atoms with Gasteiger partial charge in [0.05, 0.1) is 0 Å². The molecule has 0 saturated heterocycles. The number of aryl methyl sites for hydroxylation is 1. The predicted molar refractivity (Wildman–Crippen MR) is 96.6 cm³/mol. The van der Waals surface area contributed by atoms with E-state index in [1.165, 1.54) is 4.90 Å². The molecule has 1 aliphatic heterocycles. The number of anilines is 1. The molecule has 1 aromatic carbocycles. The molecule has 1 spiro atoms. The standard InChI is InChI=1S/C18H16BrFN4O2/c1-10-6-21-17(22-7-10)23-15(25)8-24-9-18(5-14(18)20)13-4-11(19)2-3-12(13)16(24)26/h2-4,6-7,14H,5,8-9H2,1H3,(H,21,22,23,25)/t14-,18-/m1/s1. The molecule has 1 aliphatic carbocycles. The van der Waals surface area contributed by atoms with Gasteiger partial charge in [-0.3, -0.25) is 14.9 Å². The molecule has 2 atom stereocenters. The van der Waals surface area contributed by atoms with E-state index < -0.39 is 17.5 Å². The van der Waals surface area contributed by atoms with E-state index in [4.69, 9.17) is 0 Å². The Hall–Kier alpha value is -2.35. The number of fused-ring (bicyclic) bond motifs is 2. The van der Waals surface area contributed by atoms with Crippen LogP contribution in [0.4, 0.5) is 10.3 Å². The Labute approximate surface area is 158 Å². The first-order valence-corrected chi connectivity index (χ1v) is 9.00. The van der Waals surface area contributed by atoms with Crippen LogP contribution in [0.15, 0.2) is 35.1 Å². The van der Waals surface area contributed by atoms with Gasteiger partial charge < -0.3 is 4.90 Å². The summed E-state index contributed by atoms with van der Waals surface area (Å²) in [5, 5.41) is 2.57. The number of carbonyl (C=O) groups is 2. The highest BCUT2D eigenvalue weighted by Crippen LogP contribution is 2.54. The number of alkyl halides is 1. The molecular formula is C18H16BrFN4O2. The fourth-order valence-corrected chi connectivity index (χ4v) is 3.77. The van der Waals surface area contributed by atoms with E-state index in [0.717, 1.165) is 15.6 Å². The van der Waals surface area contributed by atoms with Crippen molar-refractivity contribution in [2.45, 2.75) is 24.9 Å². The average Bonchev–Trinajstić information content (AvgIpc) is 3.25. The summed E-state index contributed by atoms with van der Waals surface area (Å²) in [6.45, 7) is 1.87. The predicted octanol–water partition coefficient (Wildman–Crippen LogP) is 2.62. The number of amides is 2. The summed E-state index contributed by atoms with van der Waals surface area (Å²) in [6.07, 6.45) is 2.54. The molecule has 1 N–H and O–H groups in total. The SMILES string of the molecule is Cc1cnc(NC(=O)CN2C[C@]3(C[C@H]3F)c3cc(Br)ccc3C2=O)nc1. The molecule has 1 aromatic heterocycles. The molecular weight excluding hydrogens is 403 g/mol. The minimum Gasteiger partial charge on any atom is -0.328 e. The Morgan fingerprint density at radius 3 is 2.77 bits per heavy atom. The molecule has 0 radical (unpaired) electrons. The molecule has 1 fully saturated rings. The number of nitrogens with zero attached hydrogens (tertiary/aromatic N) is 3. The molecule has 4 rings (SSSR count). The van der Waals surface area contributed by atoms with Gasteiger partial charge in [0.1, 0.15) is 12.7 Å². The molecule has 0 unspecified atom stereocenters. The van der Waals surface area contributed by atoms with Crippen molar-refractivity contribution in [3.05, 3.63) is 51.8 Å². The van der Waals surface area contributed by atoms with Gasteiger partial charge in [0.25, 0.3) is 5.91 Å². The van der Waals surface area contributed by atoms with Crippen LogP contribution in [0.1, 0.15) is 27.9 Å². The lowest BCUT2D eigenvalue weighted by molar-refractivity contribution is -0.117. The highest BCUT2D eigenvalue weighted by atomic mass is 79.9. The van der Waals surface area contributed by atoms with Crippen LogP contribution in [0.5, 0.6) is 0 Å². The molecule has 0 bridgehead atoms. The van der Waals surface area contributed by atoms with Crippen LogP contribution in [0.3, 0.4) is 0 Å². The van der Waals surface area contributed by atoms with Crippen LogP contribution in [0, 0.1) is 6.92 Å². The second-order valence-corrected chi connectivity index (χ2v) is 7.73. The zero-order valence-corrected chi connectivity index (χ0v) is 15.6. The second kappa shape index (κ2) is 6.12. The average molecular weight is 419 g/mol. The maximum atomic E-state index is 14.2. The van der Waals surface area contributed by atoms with Crippen LogP contribution in [0.25, 0.3) is 0 Å². The van der Waals surface area contributed by atoms with Crippen molar-refractivity contribution in [3.8, 4) is 0 Å². The van der Waals surface area contributed by atoms with Crippen LogP contribution < -0.4 is 5.32 Å². The quantitative estimate of drug-likeness (QED) is 0.830. The number of hydrogen-bond donors (Lipinski definition) is 1. The molecule has 8 heteroatoms. The van der Waals surface area contributed by atoms with E-state index in [1.54, 1.807) is 24.5 Å². The lowest BCUT2D eigenvalue weighted by Gasteiger charge is -2.34. The molecule has 1 saturated carbocycles. The number of benzene rings is 1. The Kier molecular flexibility index (Phi) is 4.02. The van der Waals surface area contributed by atoms with E-state index in [2.05, 4.69) is 31.2 Å². The molecule has 2 aliphatic rings. The van der Waals surface area contributed by atoms with Gasteiger partial charge in [-0.15, -0.1) is 0 Å². The van der Waals surface area contributed by atoms with Gasteiger partial charge in [-0.05, 0) is 42.7 Å². The monoisotopic (exact) mass is 418 g/mol. The second-order valence-electron chi connectivity index (χ2n) is 6.81. The largest absolute Gasteiger partial charge is 0.328 e. The van der Waals surface area contributed by atoms with Crippen molar-refractivity contribution in [1.29, 1.82) is 0 Å². The van der Waals surface area contributed by atoms with Crippen molar-refractivity contribution < 1.29 is 14.0 Å². The van der Waals surface area contributed by atoms with Crippen LogP contribution in [-0.2, 0) is 10.2 Å². The lowest BCUT2D eigenvalue weighted by atomic mass is 9.86. The summed E-state index contributed by atoms with van der Waals surface area (Å²) >= 11 is 3.38. The fourth-order valence-electron chi connectivity index (χ4n) is 3.41. The number of halogens is 2. The summed E-state index contributed by atoms with van der Waals surface area (Å²) in [5.41, 5.74) is 1.36. The van der Waals surface area contributed by atoms with Crippen molar-refractivity contribution >= 4 is 33.7 Å². The normalized spacial score (nSPS) is 23.7. The van der Waals surface area contributed by atoms with Gasteiger partial charge in [0.2, 0.25) is 11.9 Å². The number of carbonyl (C=O) groups excluding carboxylic acids is 2. The van der Waals surface area contributed by atoms with E-state index >= 15 is 0 Å². The molecule has 134 valence electrons. The van der Waals surface area contributed by atoms with Gasteiger partial charge in [-0.25, -0.2) is 14.4 Å². The van der Waals surface area contributed by atoms with Crippen molar-refractivity contribution in [2.24, 2.45) is 0 Å². The van der Waals surface area contributed by atoms with Crippen molar-refractivity contribution in [1.82, 2.24) is 14.9 Å². The molecule has 2 amide bonds. The van der Waals surface area contributed by atoms with Crippen LogP contribution in [-0.4, -0.2) is 45.9 Å². The number of nitrogens with one attached hydrogen (secondary N) is 1. The Balaban J connectivity index is 1.54. The summed E-state index contributed by atoms with van der Waals surface area (Å²) in [5.74, 6) is -0.495. The third-order valence-corrected chi connectivity index (χ3v) is 5.35. The number of hydrogen-bond acceptors (Lipinski definition) is 4. The first-order chi connectivity index (χ1) is 12.4. The van der Waals surface area contributed by atoms with E-state index in [1.807, 2.05) is 13.0 Å². The minimum atomic E-state index is -1.00. The third kappa shape index (κ3) is 2.88. The maximum absolute atomic E-state index is 14.2. The maximum Gasteiger partial charge on any atom is 0.254 e. The Morgan fingerprint density at radius 2 is 2.12 bits per heavy atom. The number of rotatable bonds is 3. The highest BCUT2D eigenvalue weighted by molar-refractivity contribution is 9.10. The zero-order valence-electron chi connectivity index (χ0n) is 14.0. The third-order valence-electron chi connectivity index (χ3n) is 4.86. The molecule has 6 nitrogen and oxygen atoms in total.